The van der Waals surface area contributed by atoms with Gasteiger partial charge in [0.05, 0.1) is 39.4 Å². The van der Waals surface area contributed by atoms with Gasteiger partial charge in [-0.15, -0.1) is 0 Å². The van der Waals surface area contributed by atoms with Gasteiger partial charge in [-0.05, 0) is 65.2 Å². The zero-order chi connectivity index (χ0) is 39.3. The van der Waals surface area contributed by atoms with Gasteiger partial charge in [-0.25, -0.2) is 9.97 Å². The van der Waals surface area contributed by atoms with Crippen LogP contribution < -0.4 is 4.90 Å². The molecule has 10 rings (SSSR count). The number of aliphatic hydroxyl groups is 1. The van der Waals surface area contributed by atoms with E-state index in [1.54, 1.807) is 12.1 Å². The van der Waals surface area contributed by atoms with Crippen molar-refractivity contribution in [2.75, 3.05) is 4.90 Å². The first kappa shape index (κ1) is 34.3. The Hall–Kier alpha value is -8.17. The number of benzene rings is 6. The van der Waals surface area contributed by atoms with Crippen LogP contribution in [-0.2, 0) is 0 Å². The first-order valence-corrected chi connectivity index (χ1v) is 18.7. The van der Waals surface area contributed by atoms with Crippen molar-refractivity contribution in [1.29, 1.82) is 10.5 Å². The molecule has 58 heavy (non-hydrogen) atoms. The van der Waals surface area contributed by atoms with Gasteiger partial charge in [0.15, 0.2) is 6.23 Å². The monoisotopic (exact) mass is 746 g/mol. The van der Waals surface area contributed by atoms with Crippen LogP contribution >= 0.6 is 0 Å². The zero-order valence-electron chi connectivity index (χ0n) is 30.8. The van der Waals surface area contributed by atoms with Crippen LogP contribution in [0.3, 0.4) is 0 Å². The number of hydrogen-bond acceptors (Lipinski definition) is 6. The number of anilines is 1. The van der Waals surface area contributed by atoms with E-state index in [0.717, 1.165) is 55.2 Å². The molecule has 272 valence electrons. The van der Waals surface area contributed by atoms with E-state index >= 15 is 4.79 Å². The summed E-state index contributed by atoms with van der Waals surface area (Å²) in [6, 6.07) is 58.5. The molecule has 0 radical (unpaired) electrons. The fourth-order valence-corrected chi connectivity index (χ4v) is 8.22. The normalized spacial score (nSPS) is 13.4. The van der Waals surface area contributed by atoms with Crippen LogP contribution in [0.1, 0.15) is 33.5 Å². The molecular weight excluding hydrogens is 717 g/mol. The summed E-state index contributed by atoms with van der Waals surface area (Å²) in [5.41, 5.74) is 10.8. The van der Waals surface area contributed by atoms with Gasteiger partial charge >= 0.3 is 0 Å². The molecule has 3 aromatic heterocycles. The number of amides is 1. The summed E-state index contributed by atoms with van der Waals surface area (Å²) in [5.74, 6) is -0.338. The maximum Gasteiger partial charge on any atom is 0.263 e. The molecular formula is C50H30N6O2. The highest BCUT2D eigenvalue weighted by Gasteiger charge is 2.40. The Bertz CT molecular complexity index is 3080. The van der Waals surface area contributed by atoms with Gasteiger partial charge in [0, 0.05) is 33.0 Å². The summed E-state index contributed by atoms with van der Waals surface area (Å²) < 4.78 is 2.06. The Labute approximate surface area is 333 Å². The van der Waals surface area contributed by atoms with Crippen molar-refractivity contribution in [2.24, 2.45) is 0 Å². The van der Waals surface area contributed by atoms with Crippen LogP contribution in [0.25, 0.3) is 72.3 Å². The number of carbonyl (C=O) groups is 1. The van der Waals surface area contributed by atoms with Crippen molar-refractivity contribution >= 4 is 33.4 Å². The number of carbonyl (C=O) groups excluding carboxylic acids is 1. The Morgan fingerprint density at radius 1 is 0.517 bits per heavy atom. The molecule has 8 nitrogen and oxygen atoms in total. The SMILES string of the molecule is N#Cc1cccc(-c2ccc3c4ccc(-c5cccc(C#N)n5)cc4n(-c4cccc5c4C(=O)N(c4cccc(-c6ccccc6)c4-c4ccccc4)C5O)c3c2)n1. The third kappa shape index (κ3) is 5.52. The standard InChI is InChI=1S/C50H30N6O2/c51-29-35-15-7-19-41(53-35)33-23-25-38-39-26-24-34(42-20-8-16-36(30-52)54-42)28-46(39)55(45(38)27-33)44-22-10-18-40-48(44)50(58)56(49(40)57)43-21-9-17-37(31-11-3-1-4-12-31)47(43)32-13-5-2-6-14-32/h1-28,49,57H. The van der Waals surface area contributed by atoms with E-state index in [2.05, 4.69) is 26.7 Å². The molecule has 0 bridgehead atoms. The highest BCUT2D eigenvalue weighted by Crippen LogP contribution is 2.47. The van der Waals surface area contributed by atoms with Crippen molar-refractivity contribution in [3.8, 4) is 62.6 Å². The fourth-order valence-electron chi connectivity index (χ4n) is 8.22. The minimum absolute atomic E-state index is 0.307. The van der Waals surface area contributed by atoms with Crippen LogP contribution in [0, 0.1) is 22.7 Å². The second-order valence-corrected chi connectivity index (χ2v) is 14.1. The molecule has 1 amide bonds. The first-order valence-electron chi connectivity index (χ1n) is 18.7. The molecule has 6 aromatic carbocycles. The minimum atomic E-state index is -1.27. The van der Waals surface area contributed by atoms with Crippen LogP contribution in [0.5, 0.6) is 0 Å². The predicted molar refractivity (Wildman–Crippen MR) is 226 cm³/mol. The van der Waals surface area contributed by atoms with Crippen molar-refractivity contribution in [2.45, 2.75) is 6.23 Å². The lowest BCUT2D eigenvalue weighted by Crippen LogP contribution is -2.28. The van der Waals surface area contributed by atoms with Crippen molar-refractivity contribution in [3.63, 3.8) is 0 Å². The highest BCUT2D eigenvalue weighted by atomic mass is 16.3. The molecule has 8 heteroatoms. The molecule has 1 aliphatic rings. The molecule has 1 aliphatic heterocycles. The molecule has 0 saturated heterocycles. The topological polar surface area (TPSA) is 119 Å². The number of aromatic nitrogens is 3. The van der Waals surface area contributed by atoms with Gasteiger partial charge in [0.2, 0.25) is 0 Å². The molecule has 0 spiro atoms. The van der Waals surface area contributed by atoms with E-state index in [9.17, 15) is 15.6 Å². The number of aliphatic hydroxyl groups excluding tert-OH is 1. The average molecular weight is 747 g/mol. The summed E-state index contributed by atoms with van der Waals surface area (Å²) >= 11 is 0. The highest BCUT2D eigenvalue weighted by molar-refractivity contribution is 6.17. The lowest BCUT2D eigenvalue weighted by atomic mass is 9.92. The molecule has 9 aromatic rings. The van der Waals surface area contributed by atoms with Crippen molar-refractivity contribution < 1.29 is 9.90 Å². The van der Waals surface area contributed by atoms with Crippen LogP contribution in [-0.4, -0.2) is 25.5 Å². The fraction of sp³-hybridized carbons (Fsp3) is 0.0200. The molecule has 1 unspecified atom stereocenters. The Kier molecular flexibility index (Phi) is 8.19. The Balaban J connectivity index is 1.21. The lowest BCUT2D eigenvalue weighted by Gasteiger charge is -2.26. The van der Waals surface area contributed by atoms with Crippen LogP contribution in [0.4, 0.5) is 5.69 Å². The molecule has 1 atom stereocenters. The van der Waals surface area contributed by atoms with Gasteiger partial charge in [-0.2, -0.15) is 10.5 Å². The third-order valence-electron chi connectivity index (χ3n) is 10.8. The van der Waals surface area contributed by atoms with Gasteiger partial charge in [-0.3, -0.25) is 9.69 Å². The summed E-state index contributed by atoms with van der Waals surface area (Å²) in [4.78, 5) is 25.9. The molecule has 0 fully saturated rings. The van der Waals surface area contributed by atoms with Crippen LogP contribution in [0.15, 0.2) is 170 Å². The second-order valence-electron chi connectivity index (χ2n) is 14.1. The van der Waals surface area contributed by atoms with E-state index in [1.807, 2.05) is 158 Å². The van der Waals surface area contributed by atoms with Gasteiger partial charge in [0.1, 0.15) is 23.5 Å². The maximum absolute atomic E-state index is 15.2. The Morgan fingerprint density at radius 2 is 1.05 bits per heavy atom. The van der Waals surface area contributed by atoms with E-state index in [-0.39, 0.29) is 5.91 Å². The zero-order valence-corrected chi connectivity index (χ0v) is 30.8. The average Bonchev–Trinajstić information content (AvgIpc) is 3.75. The van der Waals surface area contributed by atoms with E-state index in [0.29, 0.717) is 45.3 Å². The minimum Gasteiger partial charge on any atom is -0.369 e. The van der Waals surface area contributed by atoms with E-state index < -0.39 is 6.23 Å². The van der Waals surface area contributed by atoms with Crippen molar-refractivity contribution in [1.82, 2.24) is 14.5 Å². The summed E-state index contributed by atoms with van der Waals surface area (Å²) in [6.07, 6.45) is -1.27. The number of hydrogen-bond donors (Lipinski definition) is 1. The van der Waals surface area contributed by atoms with E-state index in [4.69, 9.17) is 0 Å². The van der Waals surface area contributed by atoms with Gasteiger partial charge < -0.3 is 9.67 Å². The smallest absolute Gasteiger partial charge is 0.263 e. The second kappa shape index (κ2) is 13.8. The molecule has 1 N–H and O–H groups in total. The third-order valence-corrected chi connectivity index (χ3v) is 10.8. The number of rotatable bonds is 6. The first-order chi connectivity index (χ1) is 28.5. The summed E-state index contributed by atoms with van der Waals surface area (Å²) in [5, 5.41) is 33.4. The van der Waals surface area contributed by atoms with Gasteiger partial charge in [-0.1, -0.05) is 121 Å². The molecule has 0 saturated carbocycles. The summed E-state index contributed by atoms with van der Waals surface area (Å²) in [6.45, 7) is 0. The largest absolute Gasteiger partial charge is 0.369 e. The van der Waals surface area contributed by atoms with Crippen LogP contribution in [0.2, 0.25) is 0 Å². The molecule has 4 heterocycles. The quantitative estimate of drug-likeness (QED) is 0.181. The van der Waals surface area contributed by atoms with Gasteiger partial charge in [0.25, 0.3) is 5.91 Å². The lowest BCUT2D eigenvalue weighted by molar-refractivity contribution is 0.0935. The Morgan fingerprint density at radius 3 is 1.64 bits per heavy atom. The number of nitrogens with zero attached hydrogens (tertiary/aromatic N) is 6. The van der Waals surface area contributed by atoms with Crippen molar-refractivity contribution in [3.05, 3.63) is 192 Å². The van der Waals surface area contributed by atoms with E-state index in [1.165, 1.54) is 4.90 Å². The number of nitriles is 2. The summed E-state index contributed by atoms with van der Waals surface area (Å²) in [7, 11) is 0. The number of fused-ring (bicyclic) bond motifs is 4. The predicted octanol–water partition coefficient (Wildman–Crippen LogP) is 10.6. The maximum atomic E-state index is 15.2. The molecule has 0 aliphatic carbocycles. The number of pyridine rings is 2.